The number of hydrogen-bond donors (Lipinski definition) is 0. The maximum absolute atomic E-state index is 13.0. The molecule has 0 spiro atoms. The van der Waals surface area contributed by atoms with Crippen molar-refractivity contribution in [1.82, 2.24) is 9.88 Å². The van der Waals surface area contributed by atoms with Crippen LogP contribution in [0.1, 0.15) is 21.6 Å². The van der Waals surface area contributed by atoms with Gasteiger partial charge in [-0.3, -0.25) is 4.79 Å². The summed E-state index contributed by atoms with van der Waals surface area (Å²) in [6, 6.07) is 1.98. The molecular formula is C16H23N3O3. The lowest BCUT2D eigenvalue weighted by atomic mass is 10.1. The molecule has 22 heavy (non-hydrogen) atoms. The first kappa shape index (κ1) is 15.2. The predicted octanol–water partition coefficient (Wildman–Crippen LogP) is 1.01. The van der Waals surface area contributed by atoms with Crippen molar-refractivity contribution in [3.8, 4) is 0 Å². The number of aryl methyl sites for hydroxylation is 2. The number of carbonyl (C=O) groups excluding carboxylic acids is 1. The molecule has 0 saturated carbocycles. The number of rotatable bonds is 2. The Morgan fingerprint density at radius 3 is 2.27 bits per heavy atom. The van der Waals surface area contributed by atoms with Gasteiger partial charge in [-0.05, 0) is 25.5 Å². The third-order valence-corrected chi connectivity index (χ3v) is 4.15. The number of ether oxygens (including phenoxy) is 2. The molecule has 6 heteroatoms. The third-order valence-electron chi connectivity index (χ3n) is 4.15. The lowest BCUT2D eigenvalue weighted by Crippen LogP contribution is -2.43. The molecule has 2 saturated heterocycles. The van der Waals surface area contributed by atoms with E-state index in [-0.39, 0.29) is 5.91 Å². The second kappa shape index (κ2) is 6.62. The van der Waals surface area contributed by atoms with Crippen LogP contribution in [-0.2, 0) is 9.47 Å². The van der Waals surface area contributed by atoms with Crippen molar-refractivity contribution in [3.63, 3.8) is 0 Å². The monoisotopic (exact) mass is 305 g/mol. The van der Waals surface area contributed by atoms with Crippen LogP contribution in [0.5, 0.6) is 0 Å². The maximum Gasteiger partial charge on any atom is 0.258 e. The fourth-order valence-corrected chi connectivity index (χ4v) is 3.01. The molecular weight excluding hydrogens is 282 g/mol. The largest absolute Gasteiger partial charge is 0.378 e. The zero-order valence-electron chi connectivity index (χ0n) is 13.3. The zero-order valence-corrected chi connectivity index (χ0v) is 13.3. The number of nitrogens with zero attached hydrogens (tertiary/aromatic N) is 3. The van der Waals surface area contributed by atoms with Crippen LogP contribution in [0, 0.1) is 13.8 Å². The molecule has 3 heterocycles. The number of amides is 1. The van der Waals surface area contributed by atoms with Gasteiger partial charge in [-0.25, -0.2) is 4.98 Å². The Balaban J connectivity index is 1.95. The van der Waals surface area contributed by atoms with Crippen LogP contribution in [0.2, 0.25) is 0 Å². The van der Waals surface area contributed by atoms with Crippen molar-refractivity contribution in [2.75, 3.05) is 57.5 Å². The summed E-state index contributed by atoms with van der Waals surface area (Å²) in [7, 11) is 0. The first-order valence-corrected chi connectivity index (χ1v) is 7.85. The van der Waals surface area contributed by atoms with E-state index in [4.69, 9.17) is 9.47 Å². The van der Waals surface area contributed by atoms with Crippen LogP contribution in [0.15, 0.2) is 6.07 Å². The lowest BCUT2D eigenvalue weighted by Gasteiger charge is -2.32. The second-order valence-corrected chi connectivity index (χ2v) is 5.78. The first-order chi connectivity index (χ1) is 10.7. The summed E-state index contributed by atoms with van der Waals surface area (Å²) in [5, 5.41) is 0. The summed E-state index contributed by atoms with van der Waals surface area (Å²) in [6.45, 7) is 9.39. The van der Waals surface area contributed by atoms with E-state index < -0.39 is 0 Å². The van der Waals surface area contributed by atoms with E-state index in [1.54, 1.807) is 0 Å². The molecule has 2 aliphatic rings. The van der Waals surface area contributed by atoms with Gasteiger partial charge in [0.1, 0.15) is 5.82 Å². The van der Waals surface area contributed by atoms with E-state index >= 15 is 0 Å². The summed E-state index contributed by atoms with van der Waals surface area (Å²) >= 11 is 0. The van der Waals surface area contributed by atoms with Crippen LogP contribution in [0.3, 0.4) is 0 Å². The SMILES string of the molecule is Cc1cc(C)c(C(=O)N2CCOCC2)c(N2CCOCC2)n1. The molecule has 6 nitrogen and oxygen atoms in total. The second-order valence-electron chi connectivity index (χ2n) is 5.78. The topological polar surface area (TPSA) is 54.9 Å². The van der Waals surface area contributed by atoms with E-state index in [1.165, 1.54) is 0 Å². The molecule has 120 valence electrons. The van der Waals surface area contributed by atoms with Gasteiger partial charge in [-0.1, -0.05) is 0 Å². The van der Waals surface area contributed by atoms with Crippen molar-refractivity contribution >= 4 is 11.7 Å². The van der Waals surface area contributed by atoms with Crippen LogP contribution in [-0.4, -0.2) is 68.4 Å². The van der Waals surface area contributed by atoms with E-state index in [0.29, 0.717) is 39.5 Å². The number of hydrogen-bond acceptors (Lipinski definition) is 5. The minimum Gasteiger partial charge on any atom is -0.378 e. The summed E-state index contributed by atoms with van der Waals surface area (Å²) in [6.07, 6.45) is 0. The summed E-state index contributed by atoms with van der Waals surface area (Å²) in [5.74, 6) is 0.868. The molecule has 0 radical (unpaired) electrons. The molecule has 0 aromatic carbocycles. The minimum absolute atomic E-state index is 0.0646. The molecule has 0 bridgehead atoms. The molecule has 1 aromatic heterocycles. The van der Waals surface area contributed by atoms with Crippen molar-refractivity contribution in [2.24, 2.45) is 0 Å². The normalized spacial score (nSPS) is 19.4. The highest BCUT2D eigenvalue weighted by Crippen LogP contribution is 2.25. The fourth-order valence-electron chi connectivity index (χ4n) is 3.01. The smallest absolute Gasteiger partial charge is 0.258 e. The molecule has 0 atom stereocenters. The van der Waals surface area contributed by atoms with E-state index in [1.807, 2.05) is 24.8 Å². The summed E-state index contributed by atoms with van der Waals surface area (Å²) < 4.78 is 10.8. The van der Waals surface area contributed by atoms with Gasteiger partial charge in [-0.15, -0.1) is 0 Å². The van der Waals surface area contributed by atoms with Gasteiger partial charge < -0.3 is 19.3 Å². The van der Waals surface area contributed by atoms with Crippen LogP contribution < -0.4 is 4.90 Å². The van der Waals surface area contributed by atoms with Crippen LogP contribution in [0.4, 0.5) is 5.82 Å². The van der Waals surface area contributed by atoms with Gasteiger partial charge in [0.25, 0.3) is 5.91 Å². The number of pyridine rings is 1. The number of anilines is 1. The Morgan fingerprint density at radius 2 is 1.64 bits per heavy atom. The van der Waals surface area contributed by atoms with Gasteiger partial charge >= 0.3 is 0 Å². The Hall–Kier alpha value is -1.66. The highest BCUT2D eigenvalue weighted by Gasteiger charge is 2.27. The Bertz CT molecular complexity index is 550. The zero-order chi connectivity index (χ0) is 15.5. The molecule has 1 amide bonds. The number of aromatic nitrogens is 1. The Kier molecular flexibility index (Phi) is 4.59. The van der Waals surface area contributed by atoms with Crippen molar-refractivity contribution in [2.45, 2.75) is 13.8 Å². The molecule has 0 N–H and O–H groups in total. The van der Waals surface area contributed by atoms with Crippen molar-refractivity contribution in [3.05, 3.63) is 22.9 Å². The molecule has 1 aromatic rings. The van der Waals surface area contributed by atoms with Crippen molar-refractivity contribution < 1.29 is 14.3 Å². The Labute approximate surface area is 131 Å². The van der Waals surface area contributed by atoms with Gasteiger partial charge in [0.15, 0.2) is 0 Å². The average molecular weight is 305 g/mol. The summed E-state index contributed by atoms with van der Waals surface area (Å²) in [4.78, 5) is 21.7. The molecule has 0 aliphatic carbocycles. The maximum atomic E-state index is 13.0. The van der Waals surface area contributed by atoms with Gasteiger partial charge in [0, 0.05) is 31.9 Å². The van der Waals surface area contributed by atoms with Crippen LogP contribution >= 0.6 is 0 Å². The highest BCUT2D eigenvalue weighted by molar-refractivity contribution is 6.00. The molecule has 2 fully saturated rings. The predicted molar refractivity (Wildman–Crippen MR) is 83.5 cm³/mol. The summed E-state index contributed by atoms with van der Waals surface area (Å²) in [5.41, 5.74) is 2.66. The van der Waals surface area contributed by atoms with E-state index in [9.17, 15) is 4.79 Å². The average Bonchev–Trinajstić information content (AvgIpc) is 2.55. The highest BCUT2D eigenvalue weighted by atomic mass is 16.5. The lowest BCUT2D eigenvalue weighted by molar-refractivity contribution is 0.0302. The Morgan fingerprint density at radius 1 is 1.05 bits per heavy atom. The number of morpholine rings is 2. The van der Waals surface area contributed by atoms with E-state index in [0.717, 1.165) is 35.7 Å². The van der Waals surface area contributed by atoms with E-state index in [2.05, 4.69) is 9.88 Å². The third kappa shape index (κ3) is 3.08. The van der Waals surface area contributed by atoms with Gasteiger partial charge in [0.05, 0.1) is 32.0 Å². The first-order valence-electron chi connectivity index (χ1n) is 7.85. The molecule has 2 aliphatic heterocycles. The molecule has 0 unspecified atom stereocenters. The van der Waals surface area contributed by atoms with Crippen molar-refractivity contribution in [1.29, 1.82) is 0 Å². The molecule has 3 rings (SSSR count). The van der Waals surface area contributed by atoms with Gasteiger partial charge in [-0.2, -0.15) is 0 Å². The minimum atomic E-state index is 0.0646. The quantitative estimate of drug-likeness (QED) is 0.816. The fraction of sp³-hybridized carbons (Fsp3) is 0.625. The van der Waals surface area contributed by atoms with Crippen LogP contribution in [0.25, 0.3) is 0 Å². The standard InChI is InChI=1S/C16H23N3O3/c1-12-11-13(2)17-15(18-3-7-21-8-4-18)14(12)16(20)19-5-9-22-10-6-19/h11H,3-10H2,1-2H3. The van der Waals surface area contributed by atoms with Gasteiger partial charge in [0.2, 0.25) is 0 Å². The number of carbonyl (C=O) groups is 1.